The maximum absolute atomic E-state index is 13.5. The van der Waals surface area contributed by atoms with Crippen LogP contribution < -0.4 is 0 Å². The third-order valence-corrected chi connectivity index (χ3v) is 4.50. The van der Waals surface area contributed by atoms with Crippen molar-refractivity contribution in [3.8, 4) is 11.1 Å². The second-order valence-electron chi connectivity index (χ2n) is 5.86. The van der Waals surface area contributed by atoms with E-state index in [2.05, 4.69) is 0 Å². The summed E-state index contributed by atoms with van der Waals surface area (Å²) in [7, 11) is 0. The minimum Gasteiger partial charge on any atom is -0.294 e. The minimum absolute atomic E-state index is 0.385. The van der Waals surface area contributed by atoms with Gasteiger partial charge in [0, 0.05) is 11.1 Å². The quantitative estimate of drug-likeness (QED) is 0.375. The number of carbonyl (C=O) groups excluding carboxylic acids is 2. The highest BCUT2D eigenvalue weighted by molar-refractivity contribution is 6.34. The van der Waals surface area contributed by atoms with Crippen molar-refractivity contribution in [1.82, 2.24) is 0 Å². The lowest BCUT2D eigenvalue weighted by atomic mass is 9.90. The van der Waals surface area contributed by atoms with E-state index in [1.807, 2.05) is 0 Å². The molecule has 0 heterocycles. The Hall–Kier alpha value is -2.06. The van der Waals surface area contributed by atoms with E-state index in [0.29, 0.717) is 24.3 Å². The molecule has 2 nitrogen and oxygen atoms in total. The Morgan fingerprint density at radius 1 is 0.679 bits per heavy atom. The molecule has 0 aliphatic carbocycles. The Labute approximate surface area is 165 Å². The molecule has 0 radical (unpaired) electrons. The molecule has 2 rings (SSSR count). The van der Waals surface area contributed by atoms with Gasteiger partial charge >= 0.3 is 12.4 Å². The lowest BCUT2D eigenvalue weighted by Crippen LogP contribution is -2.13. The first-order valence-corrected chi connectivity index (χ1v) is 8.24. The molecule has 0 amide bonds. The van der Waals surface area contributed by atoms with Gasteiger partial charge in [-0.1, -0.05) is 23.2 Å². The topological polar surface area (TPSA) is 34.1 Å². The molecule has 0 N–H and O–H groups in total. The van der Waals surface area contributed by atoms with Crippen molar-refractivity contribution >= 4 is 34.8 Å². The maximum atomic E-state index is 13.5. The molecule has 2 aromatic carbocycles. The second-order valence-corrected chi connectivity index (χ2v) is 6.68. The molecule has 0 bridgehead atoms. The first-order valence-electron chi connectivity index (χ1n) is 7.48. The van der Waals surface area contributed by atoms with Crippen LogP contribution in [-0.4, -0.2) is 11.6 Å². The van der Waals surface area contributed by atoms with Gasteiger partial charge < -0.3 is 0 Å². The fraction of sp³-hybridized carbons (Fsp3) is 0.222. The summed E-state index contributed by atoms with van der Waals surface area (Å²) in [5.41, 5.74) is -5.62. The van der Waals surface area contributed by atoms with Crippen molar-refractivity contribution in [3.63, 3.8) is 0 Å². The van der Waals surface area contributed by atoms with Gasteiger partial charge in [0.15, 0.2) is 11.6 Å². The fourth-order valence-electron chi connectivity index (χ4n) is 2.60. The molecule has 0 unspecified atom stereocenters. The predicted octanol–water partition coefficient (Wildman–Crippen LogP) is 7.10. The van der Waals surface area contributed by atoms with Gasteiger partial charge in [0.1, 0.15) is 0 Å². The normalized spacial score (nSPS) is 12.2. The Morgan fingerprint density at radius 3 is 1.18 bits per heavy atom. The molecule has 0 fully saturated rings. The van der Waals surface area contributed by atoms with E-state index in [1.165, 1.54) is 0 Å². The van der Waals surface area contributed by atoms with Crippen LogP contribution in [0.1, 0.15) is 45.7 Å². The van der Waals surface area contributed by atoms with E-state index in [-0.39, 0.29) is 0 Å². The van der Waals surface area contributed by atoms with Gasteiger partial charge in [-0.25, -0.2) is 0 Å². The largest absolute Gasteiger partial charge is 0.417 e. The van der Waals surface area contributed by atoms with Gasteiger partial charge in [0.25, 0.3) is 0 Å². The summed E-state index contributed by atoms with van der Waals surface area (Å²) in [6.07, 6.45) is -10.2. The van der Waals surface area contributed by atoms with E-state index in [0.717, 1.165) is 13.8 Å². The lowest BCUT2D eigenvalue weighted by molar-refractivity contribution is -0.139. The van der Waals surface area contributed by atoms with Gasteiger partial charge in [-0.2, -0.15) is 26.3 Å². The fourth-order valence-corrected chi connectivity index (χ4v) is 3.19. The first kappa shape index (κ1) is 22.2. The Balaban J connectivity index is 3.04. The number of hydrogen-bond acceptors (Lipinski definition) is 2. The van der Waals surface area contributed by atoms with Crippen molar-refractivity contribution in [1.29, 1.82) is 0 Å². The van der Waals surface area contributed by atoms with E-state index < -0.39 is 67.3 Å². The molecule has 2 aromatic rings. The monoisotopic (exact) mass is 442 g/mol. The molecular formula is C18H10Cl2F6O2. The first-order chi connectivity index (χ1) is 12.6. The number of benzene rings is 2. The van der Waals surface area contributed by atoms with Crippen LogP contribution in [0.25, 0.3) is 11.1 Å². The van der Waals surface area contributed by atoms with Crippen LogP contribution in [0, 0.1) is 0 Å². The third-order valence-electron chi connectivity index (χ3n) is 3.87. The summed E-state index contributed by atoms with van der Waals surface area (Å²) in [5.74, 6) is -1.48. The average Bonchev–Trinajstić information content (AvgIpc) is 2.52. The van der Waals surface area contributed by atoms with Gasteiger partial charge in [-0.3, -0.25) is 9.59 Å². The lowest BCUT2D eigenvalue weighted by Gasteiger charge is -2.20. The summed E-state index contributed by atoms with van der Waals surface area (Å²) in [6.45, 7) is 2.01. The number of carbonyl (C=O) groups is 2. The van der Waals surface area contributed by atoms with Gasteiger partial charge in [-0.15, -0.1) is 0 Å². The number of hydrogen-bond donors (Lipinski definition) is 0. The van der Waals surface area contributed by atoms with Crippen molar-refractivity contribution in [2.75, 3.05) is 0 Å². The van der Waals surface area contributed by atoms with Crippen molar-refractivity contribution in [3.05, 3.63) is 56.6 Å². The van der Waals surface area contributed by atoms with E-state index in [4.69, 9.17) is 23.2 Å². The van der Waals surface area contributed by atoms with Crippen molar-refractivity contribution < 1.29 is 35.9 Å². The zero-order chi connectivity index (χ0) is 21.6. The standard InChI is InChI=1S/C18H10Cl2F6O2/c1-7(27)9-3-11(13(5-15(9)19)17(21,22)23)12-4-10(8(2)28)16(20)6-14(12)18(24,25)26/h3-6H,1-2H3. The molecule has 0 atom stereocenters. The molecule has 150 valence electrons. The Bertz CT molecular complexity index is 898. The highest BCUT2D eigenvalue weighted by Crippen LogP contribution is 2.45. The van der Waals surface area contributed by atoms with Crippen molar-refractivity contribution in [2.45, 2.75) is 26.2 Å². The summed E-state index contributed by atoms with van der Waals surface area (Å²) < 4.78 is 81.0. The van der Waals surface area contributed by atoms with Crippen LogP contribution in [0.5, 0.6) is 0 Å². The van der Waals surface area contributed by atoms with E-state index in [1.54, 1.807) is 0 Å². The van der Waals surface area contributed by atoms with Crippen LogP contribution in [0.4, 0.5) is 26.3 Å². The Morgan fingerprint density at radius 2 is 0.964 bits per heavy atom. The number of halogens is 8. The minimum atomic E-state index is -5.08. The van der Waals surface area contributed by atoms with Crippen molar-refractivity contribution in [2.24, 2.45) is 0 Å². The molecule has 0 aromatic heterocycles. The second kappa shape index (κ2) is 7.40. The van der Waals surface area contributed by atoms with Crippen LogP contribution in [0.2, 0.25) is 10.0 Å². The summed E-state index contributed by atoms with van der Waals surface area (Å²) in [4.78, 5) is 23.3. The zero-order valence-corrected chi connectivity index (χ0v) is 15.7. The Kier molecular flexibility index (Phi) is 5.88. The average molecular weight is 443 g/mol. The zero-order valence-electron chi connectivity index (χ0n) is 14.1. The van der Waals surface area contributed by atoms with E-state index in [9.17, 15) is 35.9 Å². The van der Waals surface area contributed by atoms with Gasteiger partial charge in [-0.05, 0) is 49.2 Å². The molecule has 0 aliphatic rings. The van der Waals surface area contributed by atoms with Gasteiger partial charge in [0.05, 0.1) is 21.2 Å². The molecule has 0 aliphatic heterocycles. The molecule has 10 heteroatoms. The smallest absolute Gasteiger partial charge is 0.294 e. The highest BCUT2D eigenvalue weighted by atomic mass is 35.5. The summed E-state index contributed by atoms with van der Waals surface area (Å²) in [6, 6.07) is 2.04. The highest BCUT2D eigenvalue weighted by Gasteiger charge is 2.40. The van der Waals surface area contributed by atoms with Crippen LogP contribution in [-0.2, 0) is 12.4 Å². The molecule has 0 saturated carbocycles. The van der Waals surface area contributed by atoms with Crippen LogP contribution >= 0.6 is 23.2 Å². The summed E-state index contributed by atoms with van der Waals surface area (Å²) in [5, 5.41) is -1.12. The number of ketones is 2. The van der Waals surface area contributed by atoms with Crippen LogP contribution in [0.3, 0.4) is 0 Å². The summed E-state index contributed by atoms with van der Waals surface area (Å²) >= 11 is 11.4. The molecule has 28 heavy (non-hydrogen) atoms. The predicted molar refractivity (Wildman–Crippen MR) is 91.9 cm³/mol. The van der Waals surface area contributed by atoms with Crippen LogP contribution in [0.15, 0.2) is 24.3 Å². The molecule has 0 saturated heterocycles. The molecular weight excluding hydrogens is 433 g/mol. The van der Waals surface area contributed by atoms with Gasteiger partial charge in [0.2, 0.25) is 0 Å². The third kappa shape index (κ3) is 4.33. The maximum Gasteiger partial charge on any atom is 0.417 e. The number of alkyl halides is 6. The van der Waals surface area contributed by atoms with E-state index >= 15 is 0 Å². The SMILES string of the molecule is CC(=O)c1cc(-c2cc(C(C)=O)c(Cl)cc2C(F)(F)F)c(C(F)(F)F)cc1Cl. The number of rotatable bonds is 3. The number of Topliss-reactive ketones (excluding diaryl/α,β-unsaturated/α-hetero) is 2. The molecule has 0 spiro atoms.